The number of anilines is 1. The normalized spacial score (nSPS) is 10.5. The average molecular weight is 335 g/mol. The van der Waals surface area contributed by atoms with Gasteiger partial charge < -0.3 is 5.32 Å². The summed E-state index contributed by atoms with van der Waals surface area (Å²) in [7, 11) is 0. The molecule has 0 bridgehead atoms. The molecule has 1 N–H and O–H groups in total. The standard InChI is InChI=1S/C11H13Br2NO/c1-6(2)11(15)14-10-8(12)4-7(3)5-9(10)13/h4-6H,1-3H3,(H,14,15). The van der Waals surface area contributed by atoms with Crippen LogP contribution in [0.15, 0.2) is 21.1 Å². The summed E-state index contributed by atoms with van der Waals surface area (Å²) in [4.78, 5) is 11.5. The first-order valence-corrected chi connectivity index (χ1v) is 6.27. The number of amides is 1. The van der Waals surface area contributed by atoms with Crippen molar-refractivity contribution in [3.05, 3.63) is 26.6 Å². The quantitative estimate of drug-likeness (QED) is 0.866. The highest BCUT2D eigenvalue weighted by atomic mass is 79.9. The summed E-state index contributed by atoms with van der Waals surface area (Å²) < 4.78 is 1.78. The number of hydrogen-bond acceptors (Lipinski definition) is 1. The molecule has 0 aliphatic carbocycles. The second-order valence-electron chi connectivity index (χ2n) is 3.75. The molecule has 1 aromatic rings. The third-order valence-corrected chi connectivity index (χ3v) is 3.21. The number of carbonyl (C=O) groups is 1. The van der Waals surface area contributed by atoms with Crippen LogP contribution in [0.25, 0.3) is 0 Å². The van der Waals surface area contributed by atoms with Crippen LogP contribution >= 0.6 is 31.9 Å². The molecule has 1 rings (SSSR count). The lowest BCUT2D eigenvalue weighted by molar-refractivity contribution is -0.118. The molecule has 2 nitrogen and oxygen atoms in total. The first-order valence-electron chi connectivity index (χ1n) is 4.68. The van der Waals surface area contributed by atoms with Crippen LogP contribution in [0.4, 0.5) is 5.69 Å². The van der Waals surface area contributed by atoms with Gasteiger partial charge in [0.15, 0.2) is 0 Å². The van der Waals surface area contributed by atoms with Crippen molar-refractivity contribution >= 4 is 43.5 Å². The molecule has 1 aromatic carbocycles. The Hall–Kier alpha value is -0.350. The highest BCUT2D eigenvalue weighted by Gasteiger charge is 2.12. The number of carbonyl (C=O) groups excluding carboxylic acids is 1. The summed E-state index contributed by atoms with van der Waals surface area (Å²) in [6, 6.07) is 3.95. The Labute approximate surface area is 107 Å². The van der Waals surface area contributed by atoms with Crippen LogP contribution in [0.3, 0.4) is 0 Å². The minimum atomic E-state index is -0.0231. The topological polar surface area (TPSA) is 29.1 Å². The fraction of sp³-hybridized carbons (Fsp3) is 0.364. The van der Waals surface area contributed by atoms with Gasteiger partial charge in [0.25, 0.3) is 0 Å². The monoisotopic (exact) mass is 333 g/mol. The van der Waals surface area contributed by atoms with Gasteiger partial charge in [-0.2, -0.15) is 0 Å². The van der Waals surface area contributed by atoms with Gasteiger partial charge in [-0.3, -0.25) is 4.79 Å². The molecule has 0 unspecified atom stereocenters. The Morgan fingerprint density at radius 2 is 1.73 bits per heavy atom. The lowest BCUT2D eigenvalue weighted by atomic mass is 10.2. The maximum Gasteiger partial charge on any atom is 0.226 e. The predicted molar refractivity (Wildman–Crippen MR) is 70.0 cm³/mol. The van der Waals surface area contributed by atoms with E-state index in [1.165, 1.54) is 0 Å². The van der Waals surface area contributed by atoms with Crippen LogP contribution in [0.2, 0.25) is 0 Å². The van der Waals surface area contributed by atoms with Crippen molar-refractivity contribution in [1.82, 2.24) is 0 Å². The van der Waals surface area contributed by atoms with Crippen molar-refractivity contribution in [2.45, 2.75) is 20.8 Å². The van der Waals surface area contributed by atoms with Gasteiger partial charge in [-0.05, 0) is 56.5 Å². The fourth-order valence-electron chi connectivity index (χ4n) is 1.09. The number of hydrogen-bond donors (Lipinski definition) is 1. The summed E-state index contributed by atoms with van der Waals surface area (Å²) in [5.74, 6) is -0.00893. The Morgan fingerprint density at radius 3 is 2.13 bits per heavy atom. The van der Waals surface area contributed by atoms with Gasteiger partial charge in [-0.15, -0.1) is 0 Å². The minimum absolute atomic E-state index is 0.0141. The summed E-state index contributed by atoms with van der Waals surface area (Å²) in [6.45, 7) is 5.74. The van der Waals surface area contributed by atoms with Crippen LogP contribution in [0.1, 0.15) is 19.4 Å². The van der Waals surface area contributed by atoms with E-state index >= 15 is 0 Å². The van der Waals surface area contributed by atoms with E-state index < -0.39 is 0 Å². The molecule has 0 aromatic heterocycles. The first kappa shape index (κ1) is 12.7. The molecular weight excluding hydrogens is 322 g/mol. The third kappa shape index (κ3) is 3.31. The number of nitrogens with one attached hydrogen (secondary N) is 1. The first-order chi connectivity index (χ1) is 6.91. The van der Waals surface area contributed by atoms with Crippen molar-refractivity contribution < 1.29 is 4.79 Å². The van der Waals surface area contributed by atoms with Crippen LogP contribution in [-0.2, 0) is 4.79 Å². The maximum absolute atomic E-state index is 11.5. The summed E-state index contributed by atoms with van der Waals surface area (Å²) in [5.41, 5.74) is 1.93. The molecule has 0 saturated heterocycles. The smallest absolute Gasteiger partial charge is 0.226 e. The zero-order chi connectivity index (χ0) is 11.6. The van der Waals surface area contributed by atoms with Gasteiger partial charge in [0.05, 0.1) is 5.69 Å². The SMILES string of the molecule is Cc1cc(Br)c(NC(=O)C(C)C)c(Br)c1. The van der Waals surface area contributed by atoms with E-state index in [-0.39, 0.29) is 11.8 Å². The Balaban J connectivity index is 3.00. The average Bonchev–Trinajstić information content (AvgIpc) is 2.10. The zero-order valence-corrected chi connectivity index (χ0v) is 12.1. The Kier molecular flexibility index (Phi) is 4.34. The second-order valence-corrected chi connectivity index (χ2v) is 5.46. The number of benzene rings is 1. The zero-order valence-electron chi connectivity index (χ0n) is 8.90. The minimum Gasteiger partial charge on any atom is -0.324 e. The lowest BCUT2D eigenvalue weighted by Crippen LogP contribution is -2.18. The second kappa shape index (κ2) is 5.12. The van der Waals surface area contributed by atoms with Gasteiger partial charge in [-0.1, -0.05) is 13.8 Å². The predicted octanol–water partition coefficient (Wildman–Crippen LogP) is 4.11. The van der Waals surface area contributed by atoms with Gasteiger partial charge in [0.1, 0.15) is 0 Å². The van der Waals surface area contributed by atoms with E-state index in [2.05, 4.69) is 37.2 Å². The van der Waals surface area contributed by atoms with Crippen molar-refractivity contribution in [1.29, 1.82) is 0 Å². The Morgan fingerprint density at radius 1 is 1.27 bits per heavy atom. The summed E-state index contributed by atoms with van der Waals surface area (Å²) in [5, 5.41) is 2.87. The van der Waals surface area contributed by atoms with E-state index in [1.54, 1.807) is 0 Å². The molecule has 82 valence electrons. The van der Waals surface area contributed by atoms with E-state index in [1.807, 2.05) is 32.9 Å². The molecule has 0 fully saturated rings. The highest BCUT2D eigenvalue weighted by Crippen LogP contribution is 2.32. The van der Waals surface area contributed by atoms with Crippen LogP contribution in [0.5, 0.6) is 0 Å². The van der Waals surface area contributed by atoms with Gasteiger partial charge >= 0.3 is 0 Å². The van der Waals surface area contributed by atoms with Gasteiger partial charge in [-0.25, -0.2) is 0 Å². The van der Waals surface area contributed by atoms with E-state index in [0.717, 1.165) is 20.2 Å². The van der Waals surface area contributed by atoms with Crippen molar-refractivity contribution in [2.24, 2.45) is 5.92 Å². The Bertz CT molecular complexity index is 365. The number of rotatable bonds is 2. The molecule has 0 aliphatic heterocycles. The number of halogens is 2. The number of aryl methyl sites for hydroxylation is 1. The molecule has 0 heterocycles. The van der Waals surface area contributed by atoms with E-state index in [9.17, 15) is 4.79 Å². The largest absolute Gasteiger partial charge is 0.324 e. The van der Waals surface area contributed by atoms with E-state index in [0.29, 0.717) is 0 Å². The molecule has 0 spiro atoms. The van der Waals surface area contributed by atoms with Crippen LogP contribution in [0, 0.1) is 12.8 Å². The maximum atomic E-state index is 11.5. The highest BCUT2D eigenvalue weighted by molar-refractivity contribution is 9.11. The molecule has 15 heavy (non-hydrogen) atoms. The lowest BCUT2D eigenvalue weighted by Gasteiger charge is -2.12. The van der Waals surface area contributed by atoms with Crippen molar-refractivity contribution in [3.63, 3.8) is 0 Å². The molecule has 0 aliphatic rings. The van der Waals surface area contributed by atoms with Gasteiger partial charge in [0, 0.05) is 14.9 Å². The molecule has 1 amide bonds. The van der Waals surface area contributed by atoms with E-state index in [4.69, 9.17) is 0 Å². The third-order valence-electron chi connectivity index (χ3n) is 1.96. The summed E-state index contributed by atoms with van der Waals surface area (Å²) >= 11 is 6.86. The molecule has 0 radical (unpaired) electrons. The molecule has 0 atom stereocenters. The van der Waals surface area contributed by atoms with Crippen LogP contribution < -0.4 is 5.32 Å². The fourth-order valence-corrected chi connectivity index (χ4v) is 2.70. The van der Waals surface area contributed by atoms with Crippen molar-refractivity contribution in [2.75, 3.05) is 5.32 Å². The molecule has 4 heteroatoms. The molecule has 0 saturated carbocycles. The van der Waals surface area contributed by atoms with Crippen LogP contribution in [-0.4, -0.2) is 5.91 Å². The summed E-state index contributed by atoms with van der Waals surface area (Å²) in [6.07, 6.45) is 0. The van der Waals surface area contributed by atoms with Crippen molar-refractivity contribution in [3.8, 4) is 0 Å². The molecular formula is C11H13Br2NO. The van der Waals surface area contributed by atoms with Gasteiger partial charge in [0.2, 0.25) is 5.91 Å².